The SMILES string of the molecule is O=[N+]([O-])C12CC3CC4C5CC(CC41)CC2C5C3. The second-order valence-corrected chi connectivity index (χ2v) is 7.57. The molecular formula is C14H19NO2. The fourth-order valence-electron chi connectivity index (χ4n) is 7.25. The van der Waals surface area contributed by atoms with Crippen LogP contribution in [0.1, 0.15) is 38.5 Å². The average Bonchev–Trinajstić information content (AvgIpc) is 2.34. The highest BCUT2D eigenvalue weighted by Gasteiger charge is 2.75. The fraction of sp³-hybridized carbons (Fsp3) is 1.00. The first-order valence-corrected chi connectivity index (χ1v) is 7.34. The highest BCUT2D eigenvalue weighted by atomic mass is 16.6. The summed E-state index contributed by atoms with van der Waals surface area (Å²) in [7, 11) is 0. The maximum Gasteiger partial charge on any atom is 0.228 e. The van der Waals surface area contributed by atoms with E-state index in [1.54, 1.807) is 0 Å². The van der Waals surface area contributed by atoms with Crippen molar-refractivity contribution >= 4 is 0 Å². The van der Waals surface area contributed by atoms with Crippen molar-refractivity contribution in [2.24, 2.45) is 41.4 Å². The molecule has 3 heteroatoms. The van der Waals surface area contributed by atoms with Crippen LogP contribution in [0.15, 0.2) is 0 Å². The Morgan fingerprint density at radius 1 is 0.882 bits per heavy atom. The number of nitro groups is 1. The molecule has 7 aliphatic rings. The van der Waals surface area contributed by atoms with Crippen LogP contribution in [0.4, 0.5) is 0 Å². The van der Waals surface area contributed by atoms with Gasteiger partial charge in [-0.3, -0.25) is 10.1 Å². The van der Waals surface area contributed by atoms with Crippen molar-refractivity contribution < 1.29 is 4.92 Å². The Balaban J connectivity index is 1.73. The minimum Gasteiger partial charge on any atom is -0.264 e. The molecule has 0 amide bonds. The van der Waals surface area contributed by atoms with E-state index in [-0.39, 0.29) is 4.92 Å². The van der Waals surface area contributed by atoms with Gasteiger partial charge in [0.05, 0.1) is 0 Å². The molecule has 0 N–H and O–H groups in total. The minimum atomic E-state index is -0.454. The smallest absolute Gasteiger partial charge is 0.228 e. The summed E-state index contributed by atoms with van der Waals surface area (Å²) in [6, 6.07) is 0. The van der Waals surface area contributed by atoms with Crippen molar-refractivity contribution in [3.63, 3.8) is 0 Å². The van der Waals surface area contributed by atoms with Crippen LogP contribution in [0.3, 0.4) is 0 Å². The van der Waals surface area contributed by atoms with Crippen molar-refractivity contribution in [3.05, 3.63) is 10.1 Å². The summed E-state index contributed by atoms with van der Waals surface area (Å²) in [4.78, 5) is 12.0. The second kappa shape index (κ2) is 2.55. The lowest BCUT2D eigenvalue weighted by Gasteiger charge is -2.70. The first kappa shape index (κ1) is 9.35. The largest absolute Gasteiger partial charge is 0.264 e. The van der Waals surface area contributed by atoms with Crippen molar-refractivity contribution in [1.29, 1.82) is 0 Å². The van der Waals surface area contributed by atoms with Crippen LogP contribution in [0.5, 0.6) is 0 Å². The standard InChI is InChI=1S/C14H19NO2/c16-15(17)14-6-8-2-10-9-1-7(4-12(10)14)5-13(14)11(9)3-8/h7-13H,1-6H2. The summed E-state index contributed by atoms with van der Waals surface area (Å²) in [5, 5.41) is 11.8. The van der Waals surface area contributed by atoms with Gasteiger partial charge in [0, 0.05) is 23.2 Å². The second-order valence-electron chi connectivity index (χ2n) is 7.57. The van der Waals surface area contributed by atoms with Gasteiger partial charge >= 0.3 is 0 Å². The molecule has 0 aromatic carbocycles. The molecule has 7 fully saturated rings. The predicted molar refractivity (Wildman–Crippen MR) is 61.9 cm³/mol. The monoisotopic (exact) mass is 233 g/mol. The third kappa shape index (κ3) is 0.811. The number of rotatable bonds is 1. The van der Waals surface area contributed by atoms with Gasteiger partial charge in [0.15, 0.2) is 0 Å². The maximum absolute atomic E-state index is 11.8. The van der Waals surface area contributed by atoms with Gasteiger partial charge in [-0.25, -0.2) is 0 Å². The molecule has 0 heterocycles. The Hall–Kier alpha value is -0.600. The quantitative estimate of drug-likeness (QED) is 0.516. The average molecular weight is 233 g/mol. The third-order valence-electron chi connectivity index (χ3n) is 7.36. The zero-order valence-electron chi connectivity index (χ0n) is 10.0. The molecule has 0 radical (unpaired) electrons. The Morgan fingerprint density at radius 2 is 1.47 bits per heavy atom. The summed E-state index contributed by atoms with van der Waals surface area (Å²) in [6.07, 6.45) is 7.41. The van der Waals surface area contributed by atoms with Crippen LogP contribution in [0.25, 0.3) is 0 Å². The van der Waals surface area contributed by atoms with E-state index in [4.69, 9.17) is 0 Å². The van der Waals surface area contributed by atoms with E-state index in [9.17, 15) is 10.1 Å². The van der Waals surface area contributed by atoms with Crippen LogP contribution in [-0.4, -0.2) is 10.5 Å². The van der Waals surface area contributed by atoms with E-state index in [0.717, 1.165) is 30.1 Å². The summed E-state index contributed by atoms with van der Waals surface area (Å²) in [6.45, 7) is 0. The molecule has 7 aliphatic carbocycles. The molecule has 3 nitrogen and oxygen atoms in total. The first-order chi connectivity index (χ1) is 8.20. The van der Waals surface area contributed by atoms with Crippen LogP contribution < -0.4 is 0 Å². The van der Waals surface area contributed by atoms with Crippen molar-refractivity contribution in [3.8, 4) is 0 Å². The van der Waals surface area contributed by atoms with E-state index >= 15 is 0 Å². The van der Waals surface area contributed by atoms with E-state index in [2.05, 4.69) is 0 Å². The van der Waals surface area contributed by atoms with Crippen LogP contribution in [-0.2, 0) is 0 Å². The van der Waals surface area contributed by atoms with Gasteiger partial charge in [-0.1, -0.05) is 0 Å². The van der Waals surface area contributed by atoms with Gasteiger partial charge in [-0.2, -0.15) is 0 Å². The molecule has 4 atom stereocenters. The molecule has 92 valence electrons. The van der Waals surface area contributed by atoms with Crippen molar-refractivity contribution in [2.75, 3.05) is 0 Å². The van der Waals surface area contributed by atoms with Gasteiger partial charge in [-0.15, -0.1) is 0 Å². The molecule has 0 saturated heterocycles. The van der Waals surface area contributed by atoms with Crippen molar-refractivity contribution in [1.82, 2.24) is 0 Å². The summed E-state index contributed by atoms with van der Waals surface area (Å²) >= 11 is 0. The number of nitrogens with zero attached hydrogens (tertiary/aromatic N) is 1. The normalized spacial score (nSPS) is 65.5. The number of hydrogen-bond donors (Lipinski definition) is 0. The van der Waals surface area contributed by atoms with Gasteiger partial charge < -0.3 is 0 Å². The van der Waals surface area contributed by atoms with Crippen molar-refractivity contribution in [2.45, 2.75) is 44.1 Å². The maximum atomic E-state index is 11.8. The van der Waals surface area contributed by atoms with Gasteiger partial charge in [0.25, 0.3) is 0 Å². The molecule has 0 spiro atoms. The van der Waals surface area contributed by atoms with Gasteiger partial charge in [0.1, 0.15) is 0 Å². The van der Waals surface area contributed by atoms with E-state index < -0.39 is 5.54 Å². The number of hydrogen-bond acceptors (Lipinski definition) is 2. The Bertz CT molecular complexity index is 396. The van der Waals surface area contributed by atoms with E-state index in [1.807, 2.05) is 0 Å². The molecule has 0 aromatic rings. The van der Waals surface area contributed by atoms with Gasteiger partial charge in [0.2, 0.25) is 5.54 Å². The summed E-state index contributed by atoms with van der Waals surface area (Å²) in [5.74, 6) is 4.86. The Morgan fingerprint density at radius 3 is 2.06 bits per heavy atom. The molecule has 17 heavy (non-hydrogen) atoms. The van der Waals surface area contributed by atoms with Crippen LogP contribution in [0, 0.1) is 51.5 Å². The van der Waals surface area contributed by atoms with Gasteiger partial charge in [-0.05, 0) is 61.7 Å². The Kier molecular flexibility index (Phi) is 1.40. The van der Waals surface area contributed by atoms with E-state index in [1.165, 1.54) is 32.1 Å². The topological polar surface area (TPSA) is 43.1 Å². The van der Waals surface area contributed by atoms with E-state index in [0.29, 0.717) is 17.8 Å². The summed E-state index contributed by atoms with van der Waals surface area (Å²) in [5.41, 5.74) is -0.454. The lowest BCUT2D eigenvalue weighted by molar-refractivity contribution is -0.623. The molecular weight excluding hydrogens is 214 g/mol. The lowest BCUT2D eigenvalue weighted by Crippen LogP contribution is -2.73. The summed E-state index contributed by atoms with van der Waals surface area (Å²) < 4.78 is 0. The molecule has 7 saturated carbocycles. The molecule has 0 aliphatic heterocycles. The zero-order chi connectivity index (χ0) is 11.4. The Labute approximate surface area is 101 Å². The third-order valence-corrected chi connectivity index (χ3v) is 7.36. The minimum absolute atomic E-state index is 0.186. The zero-order valence-corrected chi connectivity index (χ0v) is 10.0. The highest BCUT2D eigenvalue weighted by Crippen LogP contribution is 2.73. The molecule has 8 bridgehead atoms. The highest BCUT2D eigenvalue weighted by molar-refractivity contribution is 5.19. The molecule has 7 rings (SSSR count). The predicted octanol–water partition coefficient (Wildman–Crippen LogP) is 2.72. The van der Waals surface area contributed by atoms with Crippen LogP contribution in [0.2, 0.25) is 0 Å². The molecule has 0 aromatic heterocycles. The lowest BCUT2D eigenvalue weighted by atomic mass is 9.33. The van der Waals surface area contributed by atoms with Crippen LogP contribution >= 0.6 is 0 Å². The fourth-order valence-corrected chi connectivity index (χ4v) is 7.25. The first-order valence-electron chi connectivity index (χ1n) is 7.34. The molecule has 4 unspecified atom stereocenters.